The Bertz CT molecular complexity index is 843. The van der Waals surface area contributed by atoms with Crippen LogP contribution in [-0.4, -0.2) is 21.1 Å². The molecule has 5 heteroatoms. The van der Waals surface area contributed by atoms with Crippen molar-refractivity contribution in [1.29, 1.82) is 0 Å². The number of hydrogen-bond donors (Lipinski definition) is 1. The molecule has 2 aromatic rings. The molecular weight excluding hydrogens is 302 g/mol. The fourth-order valence-electron chi connectivity index (χ4n) is 2.44. The first kappa shape index (κ1) is 14.4. The van der Waals surface area contributed by atoms with E-state index in [2.05, 4.69) is 47.5 Å². The third kappa shape index (κ3) is 2.43. The fraction of sp³-hybridized carbons (Fsp3) is 0.250. The molecular formula is C16H18ClN3S. The summed E-state index contributed by atoms with van der Waals surface area (Å²) in [6, 6.07) is 10.5. The summed E-state index contributed by atoms with van der Waals surface area (Å²) >= 11 is 0. The van der Waals surface area contributed by atoms with Gasteiger partial charge in [0.1, 0.15) is 0 Å². The molecule has 110 valence electrons. The van der Waals surface area contributed by atoms with Gasteiger partial charge in [-0.2, -0.15) is 0 Å². The van der Waals surface area contributed by atoms with Crippen LogP contribution in [0.1, 0.15) is 5.56 Å². The Morgan fingerprint density at radius 2 is 1.95 bits per heavy atom. The predicted octanol–water partition coefficient (Wildman–Crippen LogP) is 4.10. The number of hydrogen-bond acceptors (Lipinski definition) is 3. The van der Waals surface area contributed by atoms with Crippen LogP contribution < -0.4 is 15.6 Å². The number of rotatable bonds is 2. The second-order valence-corrected chi connectivity index (χ2v) is 7.62. The minimum Gasteiger partial charge on any atom is -0.388 e. The number of anilines is 2. The summed E-state index contributed by atoms with van der Waals surface area (Å²) in [7, 11) is 12.3. The van der Waals surface area contributed by atoms with Crippen LogP contribution in [0.15, 0.2) is 40.2 Å². The van der Waals surface area contributed by atoms with Gasteiger partial charge in [-0.1, -0.05) is 9.70 Å². The first-order valence-corrected chi connectivity index (χ1v) is 8.82. The number of nitrogens with one attached hydrogen (secondary N) is 1. The van der Waals surface area contributed by atoms with Crippen molar-refractivity contribution in [3.63, 3.8) is 0 Å². The zero-order valence-corrected chi connectivity index (χ0v) is 14.1. The Labute approximate surface area is 131 Å². The predicted molar refractivity (Wildman–Crippen MR) is 92.9 cm³/mol. The van der Waals surface area contributed by atoms with Crippen LogP contribution >= 0.6 is 20.4 Å². The summed E-state index contributed by atoms with van der Waals surface area (Å²) < 4.78 is 1.10. The number of nitrogens with zero attached hydrogens (tertiary/aromatic N) is 2. The molecule has 1 aliphatic heterocycles. The van der Waals surface area contributed by atoms with E-state index in [0.717, 1.165) is 31.8 Å². The highest BCUT2D eigenvalue weighted by Gasteiger charge is 2.14. The van der Waals surface area contributed by atoms with Crippen molar-refractivity contribution in [3.05, 3.63) is 45.8 Å². The molecule has 0 saturated heterocycles. The Morgan fingerprint density at radius 3 is 2.62 bits per heavy atom. The fourth-order valence-corrected chi connectivity index (χ4v) is 4.45. The smallest absolute Gasteiger partial charge is 0.0784 e. The van der Waals surface area contributed by atoms with Gasteiger partial charge in [0.25, 0.3) is 0 Å². The molecule has 0 saturated carbocycles. The van der Waals surface area contributed by atoms with Gasteiger partial charge in [-0.15, -0.1) is 0 Å². The summed E-state index contributed by atoms with van der Waals surface area (Å²) in [6.07, 6.45) is 0. The van der Waals surface area contributed by atoms with Gasteiger partial charge in [-0.25, -0.2) is 4.99 Å². The van der Waals surface area contributed by atoms with Gasteiger partial charge in [0.2, 0.25) is 0 Å². The molecule has 0 fully saturated rings. The second kappa shape index (κ2) is 5.35. The zero-order chi connectivity index (χ0) is 15.1. The van der Waals surface area contributed by atoms with E-state index in [0.29, 0.717) is 0 Å². The van der Waals surface area contributed by atoms with Gasteiger partial charge >= 0.3 is 0 Å². The molecule has 1 aliphatic rings. The molecule has 1 unspecified atom stereocenters. The van der Waals surface area contributed by atoms with E-state index in [-0.39, 0.29) is 0 Å². The van der Waals surface area contributed by atoms with E-state index in [1.54, 1.807) is 0 Å². The van der Waals surface area contributed by atoms with E-state index in [1.807, 2.05) is 21.1 Å². The molecule has 1 heterocycles. The van der Waals surface area contributed by atoms with E-state index in [4.69, 9.17) is 15.7 Å². The van der Waals surface area contributed by atoms with E-state index in [1.165, 1.54) is 5.56 Å². The lowest BCUT2D eigenvalue weighted by Crippen LogP contribution is -2.12. The highest BCUT2D eigenvalue weighted by Crippen LogP contribution is 2.44. The van der Waals surface area contributed by atoms with Crippen molar-refractivity contribution in [1.82, 2.24) is 0 Å². The van der Waals surface area contributed by atoms with Crippen LogP contribution in [-0.2, 0) is 0 Å². The molecule has 3 nitrogen and oxygen atoms in total. The summed E-state index contributed by atoms with van der Waals surface area (Å²) in [4.78, 5) is 7.95. The van der Waals surface area contributed by atoms with Crippen molar-refractivity contribution >= 4 is 37.4 Å². The lowest BCUT2D eigenvalue weighted by molar-refractivity contribution is 1.12. The lowest BCUT2D eigenvalue weighted by Gasteiger charge is -2.17. The summed E-state index contributed by atoms with van der Waals surface area (Å²) in [5.41, 5.74) is 4.41. The Morgan fingerprint density at radius 1 is 1.19 bits per heavy atom. The van der Waals surface area contributed by atoms with E-state index < -0.39 is 9.70 Å². The molecule has 0 amide bonds. The van der Waals surface area contributed by atoms with Crippen LogP contribution in [0.5, 0.6) is 0 Å². The third-order valence-corrected chi connectivity index (χ3v) is 6.09. The highest BCUT2D eigenvalue weighted by atomic mass is 35.7. The number of fused-ring (bicyclic) bond motifs is 2. The van der Waals surface area contributed by atoms with Crippen molar-refractivity contribution in [2.24, 2.45) is 4.99 Å². The average molecular weight is 320 g/mol. The van der Waals surface area contributed by atoms with Gasteiger partial charge in [-0.3, -0.25) is 0 Å². The van der Waals surface area contributed by atoms with Gasteiger partial charge in [0.15, 0.2) is 0 Å². The molecule has 2 aromatic carbocycles. The van der Waals surface area contributed by atoms with Crippen molar-refractivity contribution in [3.8, 4) is 0 Å². The average Bonchev–Trinajstić information content (AvgIpc) is 2.46. The molecule has 0 aromatic heterocycles. The summed E-state index contributed by atoms with van der Waals surface area (Å²) in [5.74, 6) is 0. The van der Waals surface area contributed by atoms with E-state index in [9.17, 15) is 0 Å². The standard InChI is InChI=1S/C16H18ClN3S/c1-10-7-14-16(9-13(10)18-2)21(17)15-8-11(20(3)4)5-6-12(15)19-14/h5-9,18H,1-4H3. The molecule has 21 heavy (non-hydrogen) atoms. The van der Waals surface area contributed by atoms with Gasteiger partial charge < -0.3 is 10.2 Å². The minimum absolute atomic E-state index is 0.475. The topological polar surface area (TPSA) is 27.6 Å². The maximum Gasteiger partial charge on any atom is 0.0784 e. The normalized spacial score (nSPS) is 15.8. The first-order valence-electron chi connectivity index (χ1n) is 6.77. The monoisotopic (exact) mass is 319 g/mol. The van der Waals surface area contributed by atoms with Gasteiger partial charge in [-0.05, 0) is 53.5 Å². The largest absolute Gasteiger partial charge is 0.388 e. The van der Waals surface area contributed by atoms with Crippen LogP contribution in [0.4, 0.5) is 17.1 Å². The van der Waals surface area contributed by atoms with Crippen molar-refractivity contribution < 1.29 is 0 Å². The summed E-state index contributed by atoms with van der Waals surface area (Å²) in [6.45, 7) is 2.08. The number of benzene rings is 2. The molecule has 1 N–H and O–H groups in total. The third-order valence-electron chi connectivity index (χ3n) is 3.66. The van der Waals surface area contributed by atoms with Gasteiger partial charge in [0, 0.05) is 41.9 Å². The second-order valence-electron chi connectivity index (χ2n) is 5.30. The van der Waals surface area contributed by atoms with Crippen LogP contribution in [0.25, 0.3) is 0 Å². The van der Waals surface area contributed by atoms with Crippen LogP contribution in [0.3, 0.4) is 0 Å². The summed E-state index contributed by atoms with van der Waals surface area (Å²) in [5, 5.41) is 4.19. The van der Waals surface area contributed by atoms with Gasteiger partial charge in [0.05, 0.1) is 11.0 Å². The lowest BCUT2D eigenvalue weighted by atomic mass is 10.1. The molecule has 0 radical (unpaired) electrons. The molecule has 0 spiro atoms. The highest BCUT2D eigenvalue weighted by molar-refractivity contribution is 8.29. The van der Waals surface area contributed by atoms with Crippen LogP contribution in [0, 0.1) is 11.4 Å². The quantitative estimate of drug-likeness (QED) is 0.844. The SMILES string of the molecule is CNc1cc2c(cc1C)N=c1ccc(N(C)C)cc1=S2Cl. The Balaban J connectivity index is 2.31. The first-order chi connectivity index (χ1) is 10.0. The number of halogens is 1. The molecule has 3 rings (SSSR count). The van der Waals surface area contributed by atoms with Crippen molar-refractivity contribution in [2.75, 3.05) is 31.4 Å². The van der Waals surface area contributed by atoms with Crippen LogP contribution in [0.2, 0.25) is 0 Å². The zero-order valence-electron chi connectivity index (χ0n) is 12.6. The maximum absolute atomic E-state index is 6.76. The maximum atomic E-state index is 6.76. The molecule has 0 bridgehead atoms. The minimum atomic E-state index is -0.475. The molecule has 1 atom stereocenters. The van der Waals surface area contributed by atoms with Crippen molar-refractivity contribution in [2.45, 2.75) is 11.8 Å². The Hall–Kier alpha value is -1.52. The Kier molecular flexibility index (Phi) is 3.68. The number of aryl methyl sites for hydroxylation is 1. The van der Waals surface area contributed by atoms with E-state index >= 15 is 0 Å². The molecule has 0 aliphatic carbocycles.